The summed E-state index contributed by atoms with van der Waals surface area (Å²) in [5.74, 6) is 1.78. The molecule has 2 heterocycles. The van der Waals surface area contributed by atoms with Crippen molar-refractivity contribution >= 4 is 17.3 Å². The number of aryl methyl sites for hydroxylation is 1. The molecule has 2 N–H and O–H groups in total. The van der Waals surface area contributed by atoms with Gasteiger partial charge in [0.05, 0.1) is 18.2 Å². The summed E-state index contributed by atoms with van der Waals surface area (Å²) in [6, 6.07) is 8.53. The van der Waals surface area contributed by atoms with Gasteiger partial charge in [-0.15, -0.1) is 11.3 Å². The molecule has 0 spiro atoms. The molecule has 1 aliphatic heterocycles. The largest absolute Gasteiger partial charge is 0.494 e. The van der Waals surface area contributed by atoms with E-state index in [1.165, 1.54) is 15.4 Å². The predicted octanol–water partition coefficient (Wildman–Crippen LogP) is 3.95. The Morgan fingerprint density at radius 2 is 1.94 bits per heavy atom. The van der Waals surface area contributed by atoms with Gasteiger partial charge in [0, 0.05) is 49.2 Å². The molecule has 0 saturated carbocycles. The minimum atomic E-state index is -0.00329. The van der Waals surface area contributed by atoms with Crippen LogP contribution >= 0.6 is 11.3 Å². The van der Waals surface area contributed by atoms with Crippen LogP contribution in [0.3, 0.4) is 0 Å². The first-order valence-electron chi connectivity index (χ1n) is 11.5. The SMILES string of the molecule is CCNC(=NCC1(c2ccc(OCC)cc2)CCOCC1)NCCc1ncc(CC)s1. The lowest BCUT2D eigenvalue weighted by Gasteiger charge is -2.36. The van der Waals surface area contributed by atoms with E-state index in [9.17, 15) is 0 Å². The number of thiazole rings is 1. The fourth-order valence-electron chi connectivity index (χ4n) is 3.86. The summed E-state index contributed by atoms with van der Waals surface area (Å²) < 4.78 is 11.3. The van der Waals surface area contributed by atoms with E-state index in [0.29, 0.717) is 6.61 Å². The van der Waals surface area contributed by atoms with E-state index < -0.39 is 0 Å². The minimum Gasteiger partial charge on any atom is -0.494 e. The molecule has 170 valence electrons. The normalized spacial score (nSPS) is 16.2. The summed E-state index contributed by atoms with van der Waals surface area (Å²) in [6.45, 7) is 10.9. The Kier molecular flexibility index (Phi) is 9.15. The van der Waals surface area contributed by atoms with Crippen molar-refractivity contribution in [1.82, 2.24) is 15.6 Å². The van der Waals surface area contributed by atoms with Gasteiger partial charge in [0.25, 0.3) is 0 Å². The van der Waals surface area contributed by atoms with Crippen LogP contribution in [0.4, 0.5) is 0 Å². The Morgan fingerprint density at radius 1 is 1.16 bits per heavy atom. The molecular formula is C24H36N4O2S. The molecule has 1 fully saturated rings. The summed E-state index contributed by atoms with van der Waals surface area (Å²) in [5.41, 5.74) is 1.31. The number of hydrogen-bond donors (Lipinski definition) is 2. The van der Waals surface area contributed by atoms with E-state index in [1.54, 1.807) is 11.3 Å². The average molecular weight is 445 g/mol. The Balaban J connectivity index is 1.67. The zero-order valence-corrected chi connectivity index (χ0v) is 19.9. The minimum absolute atomic E-state index is 0.00329. The first-order valence-corrected chi connectivity index (χ1v) is 12.3. The Labute approximate surface area is 190 Å². The van der Waals surface area contributed by atoms with E-state index in [4.69, 9.17) is 14.5 Å². The number of benzene rings is 1. The van der Waals surface area contributed by atoms with E-state index in [-0.39, 0.29) is 5.41 Å². The van der Waals surface area contributed by atoms with Gasteiger partial charge in [0.15, 0.2) is 5.96 Å². The Hall–Kier alpha value is -2.12. The van der Waals surface area contributed by atoms with Gasteiger partial charge in [-0.3, -0.25) is 4.99 Å². The number of nitrogens with zero attached hydrogens (tertiary/aromatic N) is 2. The second-order valence-corrected chi connectivity index (χ2v) is 9.00. The van der Waals surface area contributed by atoms with Crippen LogP contribution < -0.4 is 15.4 Å². The van der Waals surface area contributed by atoms with Crippen LogP contribution in [0.25, 0.3) is 0 Å². The van der Waals surface area contributed by atoms with Gasteiger partial charge in [-0.2, -0.15) is 0 Å². The lowest BCUT2D eigenvalue weighted by molar-refractivity contribution is 0.0531. The third kappa shape index (κ3) is 6.68. The maximum atomic E-state index is 5.68. The van der Waals surface area contributed by atoms with E-state index in [0.717, 1.165) is 70.2 Å². The molecular weight excluding hydrogens is 408 g/mol. The summed E-state index contributed by atoms with van der Waals surface area (Å²) >= 11 is 1.80. The zero-order valence-electron chi connectivity index (χ0n) is 19.1. The molecule has 31 heavy (non-hydrogen) atoms. The van der Waals surface area contributed by atoms with Crippen LogP contribution in [0.1, 0.15) is 49.1 Å². The van der Waals surface area contributed by atoms with Crippen LogP contribution in [-0.2, 0) is 23.0 Å². The quantitative estimate of drug-likeness (QED) is 0.429. The number of hydrogen-bond acceptors (Lipinski definition) is 5. The number of guanidine groups is 1. The highest BCUT2D eigenvalue weighted by Crippen LogP contribution is 2.36. The number of aliphatic imine (C=N–C) groups is 1. The van der Waals surface area contributed by atoms with Gasteiger partial charge in [-0.05, 0) is 50.8 Å². The molecule has 1 aromatic heterocycles. The average Bonchev–Trinajstić information content (AvgIpc) is 3.27. The van der Waals surface area contributed by atoms with Gasteiger partial charge in [-0.25, -0.2) is 4.98 Å². The zero-order chi connectivity index (χ0) is 21.9. The predicted molar refractivity (Wildman–Crippen MR) is 129 cm³/mol. The number of aromatic nitrogens is 1. The highest BCUT2D eigenvalue weighted by Gasteiger charge is 2.34. The third-order valence-corrected chi connectivity index (χ3v) is 6.89. The van der Waals surface area contributed by atoms with Crippen LogP contribution in [0.15, 0.2) is 35.5 Å². The fourth-order valence-corrected chi connectivity index (χ4v) is 4.72. The molecule has 7 heteroatoms. The number of nitrogens with one attached hydrogen (secondary N) is 2. The molecule has 0 bridgehead atoms. The summed E-state index contributed by atoms with van der Waals surface area (Å²) in [5, 5.41) is 8.05. The fraction of sp³-hybridized carbons (Fsp3) is 0.583. The molecule has 1 saturated heterocycles. The summed E-state index contributed by atoms with van der Waals surface area (Å²) in [4.78, 5) is 10.8. The molecule has 6 nitrogen and oxygen atoms in total. The van der Waals surface area contributed by atoms with Gasteiger partial charge in [-0.1, -0.05) is 19.1 Å². The highest BCUT2D eigenvalue weighted by atomic mass is 32.1. The topological polar surface area (TPSA) is 67.8 Å². The van der Waals surface area contributed by atoms with E-state index in [1.807, 2.05) is 13.1 Å². The van der Waals surface area contributed by atoms with Crippen molar-refractivity contribution in [3.8, 4) is 5.75 Å². The van der Waals surface area contributed by atoms with Crippen molar-refractivity contribution in [3.05, 3.63) is 45.9 Å². The van der Waals surface area contributed by atoms with Gasteiger partial charge in [0.1, 0.15) is 5.75 Å². The number of ether oxygens (including phenoxy) is 2. The molecule has 0 aliphatic carbocycles. The first kappa shape index (κ1) is 23.5. The second kappa shape index (κ2) is 12.1. The molecule has 1 aromatic carbocycles. The van der Waals surface area contributed by atoms with Crippen LogP contribution in [-0.4, -0.2) is 50.4 Å². The Bertz CT molecular complexity index is 813. The maximum Gasteiger partial charge on any atom is 0.191 e. The van der Waals surface area contributed by atoms with Gasteiger partial charge in [0.2, 0.25) is 0 Å². The van der Waals surface area contributed by atoms with Crippen LogP contribution in [0.5, 0.6) is 5.75 Å². The maximum absolute atomic E-state index is 5.68. The smallest absolute Gasteiger partial charge is 0.191 e. The van der Waals surface area contributed by atoms with E-state index in [2.05, 4.69) is 53.7 Å². The standard InChI is InChI=1S/C24H36N4O2S/c1-4-21-17-27-22(31-21)11-14-26-23(25-5-2)28-18-24(12-15-29-16-13-24)19-7-9-20(10-8-19)30-6-3/h7-10,17H,4-6,11-16,18H2,1-3H3,(H2,25,26,28). The van der Waals surface area contributed by atoms with Crippen molar-refractivity contribution in [1.29, 1.82) is 0 Å². The van der Waals surface area contributed by atoms with Crippen LogP contribution in [0, 0.1) is 0 Å². The van der Waals surface area contributed by atoms with Crippen molar-refractivity contribution < 1.29 is 9.47 Å². The second-order valence-electron chi connectivity index (χ2n) is 7.80. The van der Waals surface area contributed by atoms with Crippen molar-refractivity contribution in [2.75, 3.05) is 39.5 Å². The lowest BCUT2D eigenvalue weighted by Crippen LogP contribution is -2.41. The van der Waals surface area contributed by atoms with Crippen molar-refractivity contribution in [3.63, 3.8) is 0 Å². The monoisotopic (exact) mass is 444 g/mol. The molecule has 0 atom stereocenters. The molecule has 3 rings (SSSR count). The molecule has 0 amide bonds. The summed E-state index contributed by atoms with van der Waals surface area (Å²) in [6.07, 6.45) is 5.90. The molecule has 0 unspecified atom stereocenters. The lowest BCUT2D eigenvalue weighted by atomic mass is 9.74. The van der Waals surface area contributed by atoms with Gasteiger partial charge >= 0.3 is 0 Å². The first-order chi connectivity index (χ1) is 15.2. The van der Waals surface area contributed by atoms with Gasteiger partial charge < -0.3 is 20.1 Å². The molecule has 1 aliphatic rings. The van der Waals surface area contributed by atoms with E-state index >= 15 is 0 Å². The summed E-state index contributed by atoms with van der Waals surface area (Å²) in [7, 11) is 0. The van der Waals surface area contributed by atoms with Crippen molar-refractivity contribution in [2.45, 2.75) is 51.9 Å². The third-order valence-electron chi connectivity index (χ3n) is 5.69. The molecule has 2 aromatic rings. The highest BCUT2D eigenvalue weighted by molar-refractivity contribution is 7.11. The number of rotatable bonds is 10. The Morgan fingerprint density at radius 3 is 2.58 bits per heavy atom. The molecule has 0 radical (unpaired) electrons. The van der Waals surface area contributed by atoms with Crippen LogP contribution in [0.2, 0.25) is 0 Å². The van der Waals surface area contributed by atoms with Crippen molar-refractivity contribution in [2.24, 2.45) is 4.99 Å².